The van der Waals surface area contributed by atoms with Gasteiger partial charge in [-0.15, -0.1) is 11.8 Å². The van der Waals surface area contributed by atoms with E-state index in [-0.39, 0.29) is 23.5 Å². The van der Waals surface area contributed by atoms with Crippen LogP contribution in [0.15, 0.2) is 30.3 Å². The Balaban J connectivity index is 2.06. The van der Waals surface area contributed by atoms with Gasteiger partial charge in [0.05, 0.1) is 5.56 Å². The van der Waals surface area contributed by atoms with Gasteiger partial charge in [0.2, 0.25) is 0 Å². The maximum Gasteiger partial charge on any atom is 0.417 e. The van der Waals surface area contributed by atoms with Crippen LogP contribution in [0.2, 0.25) is 0 Å². The van der Waals surface area contributed by atoms with Crippen molar-refractivity contribution in [2.45, 2.75) is 45.3 Å². The second-order valence-corrected chi connectivity index (χ2v) is 8.87. The molecule has 0 radical (unpaired) electrons. The molecule has 31 heavy (non-hydrogen) atoms. The Morgan fingerprint density at radius 1 is 1.32 bits per heavy atom. The van der Waals surface area contributed by atoms with Gasteiger partial charge in [0.15, 0.2) is 5.37 Å². The molecule has 5 nitrogen and oxygen atoms in total. The topological polar surface area (TPSA) is 60.2 Å². The molecule has 1 aliphatic rings. The Bertz CT molecular complexity index is 1030. The third-order valence-electron chi connectivity index (χ3n) is 4.95. The maximum atomic E-state index is 13.6. The molecule has 3 rings (SSSR count). The SMILES string of the molecule is Cc1cccc(N(C(=O)[C@@H]2SCCN2c2nc(C)cc(C(F)(F)F)c2C#N)C(C)C)c1. The number of halogens is 3. The lowest BCUT2D eigenvalue weighted by Crippen LogP contribution is -2.48. The summed E-state index contributed by atoms with van der Waals surface area (Å²) in [6.07, 6.45) is -4.69. The summed E-state index contributed by atoms with van der Waals surface area (Å²) in [7, 11) is 0. The number of carbonyl (C=O) groups excluding carboxylic acids is 1. The van der Waals surface area contributed by atoms with E-state index in [1.54, 1.807) is 11.0 Å². The second kappa shape index (κ2) is 8.79. The largest absolute Gasteiger partial charge is 0.417 e. The van der Waals surface area contributed by atoms with Gasteiger partial charge in [-0.3, -0.25) is 4.79 Å². The molecule has 0 saturated carbocycles. The monoisotopic (exact) mass is 448 g/mol. The number of pyridine rings is 1. The standard InChI is InChI=1S/C22H23F3N4OS/c1-13(2)29(16-7-5-6-14(3)10-16)20(30)21-28(8-9-31-21)19-17(12-26)18(22(23,24)25)11-15(4)27-19/h5-7,10-11,13,21H,8-9H2,1-4H3/t21-/m0/s1. The number of alkyl halides is 3. The van der Waals surface area contributed by atoms with Crippen molar-refractivity contribution >= 4 is 29.2 Å². The van der Waals surface area contributed by atoms with Crippen molar-refractivity contribution < 1.29 is 18.0 Å². The number of hydrogen-bond donors (Lipinski definition) is 0. The minimum Gasteiger partial charge on any atom is -0.334 e. The van der Waals surface area contributed by atoms with E-state index in [1.165, 1.54) is 23.6 Å². The summed E-state index contributed by atoms with van der Waals surface area (Å²) in [4.78, 5) is 21.0. The maximum absolute atomic E-state index is 13.6. The fourth-order valence-electron chi connectivity index (χ4n) is 3.67. The molecule has 1 amide bonds. The van der Waals surface area contributed by atoms with Gasteiger partial charge in [-0.1, -0.05) is 12.1 Å². The van der Waals surface area contributed by atoms with Crippen LogP contribution < -0.4 is 9.80 Å². The molecule has 1 aromatic heterocycles. The first-order valence-electron chi connectivity index (χ1n) is 9.81. The first-order valence-corrected chi connectivity index (χ1v) is 10.9. The zero-order valence-corrected chi connectivity index (χ0v) is 18.5. The number of nitriles is 1. The van der Waals surface area contributed by atoms with Crippen LogP contribution in [0.1, 0.15) is 36.2 Å². The van der Waals surface area contributed by atoms with Crippen LogP contribution in [0.5, 0.6) is 0 Å². The molecule has 2 aromatic rings. The molecule has 164 valence electrons. The van der Waals surface area contributed by atoms with Crippen LogP contribution in [0.25, 0.3) is 0 Å². The highest BCUT2D eigenvalue weighted by molar-refractivity contribution is 8.01. The third-order valence-corrected chi connectivity index (χ3v) is 6.14. The quantitative estimate of drug-likeness (QED) is 0.665. The third kappa shape index (κ3) is 4.64. The van der Waals surface area contributed by atoms with Crippen LogP contribution in [-0.2, 0) is 11.0 Å². The summed E-state index contributed by atoms with van der Waals surface area (Å²) in [6, 6.07) is 9.90. The van der Waals surface area contributed by atoms with Crippen LogP contribution in [-0.4, -0.2) is 34.6 Å². The van der Waals surface area contributed by atoms with Gasteiger partial charge in [0.25, 0.3) is 5.91 Å². The lowest BCUT2D eigenvalue weighted by atomic mass is 10.1. The molecule has 1 saturated heterocycles. The zero-order chi connectivity index (χ0) is 22.9. The summed E-state index contributed by atoms with van der Waals surface area (Å²) in [5.41, 5.74) is 0.281. The number of aryl methyl sites for hydroxylation is 2. The Kier molecular flexibility index (Phi) is 6.51. The number of carbonyl (C=O) groups is 1. The summed E-state index contributed by atoms with van der Waals surface area (Å²) in [5.74, 6) is 0.202. The van der Waals surface area contributed by atoms with Crippen LogP contribution in [0.4, 0.5) is 24.7 Å². The van der Waals surface area contributed by atoms with E-state index < -0.39 is 22.7 Å². The molecular formula is C22H23F3N4OS. The lowest BCUT2D eigenvalue weighted by Gasteiger charge is -2.33. The average Bonchev–Trinajstić information content (AvgIpc) is 3.16. The van der Waals surface area contributed by atoms with Crippen LogP contribution >= 0.6 is 11.8 Å². The van der Waals surface area contributed by atoms with Crippen molar-refractivity contribution in [2.75, 3.05) is 22.1 Å². The lowest BCUT2D eigenvalue weighted by molar-refractivity contribution is -0.137. The van der Waals surface area contributed by atoms with Crippen molar-refractivity contribution in [1.82, 2.24) is 4.98 Å². The highest BCUT2D eigenvalue weighted by Crippen LogP contribution is 2.39. The van der Waals surface area contributed by atoms with Gasteiger partial charge < -0.3 is 9.80 Å². The normalized spacial score (nSPS) is 16.5. The van der Waals surface area contributed by atoms with Gasteiger partial charge in [-0.2, -0.15) is 18.4 Å². The molecule has 0 unspecified atom stereocenters. The molecule has 9 heteroatoms. The molecule has 1 aromatic carbocycles. The summed E-state index contributed by atoms with van der Waals surface area (Å²) < 4.78 is 40.7. The minimum atomic E-state index is -4.69. The van der Waals surface area contributed by atoms with Crippen molar-refractivity contribution in [1.29, 1.82) is 5.26 Å². The molecule has 0 bridgehead atoms. The van der Waals surface area contributed by atoms with Gasteiger partial charge in [0, 0.05) is 29.7 Å². The van der Waals surface area contributed by atoms with Crippen molar-refractivity contribution in [3.05, 3.63) is 52.7 Å². The van der Waals surface area contributed by atoms with E-state index in [9.17, 15) is 23.2 Å². The van der Waals surface area contributed by atoms with Gasteiger partial charge in [-0.25, -0.2) is 4.98 Å². The number of nitrogens with zero attached hydrogens (tertiary/aromatic N) is 4. The Labute approximate surface area is 183 Å². The summed E-state index contributed by atoms with van der Waals surface area (Å²) >= 11 is 1.34. The van der Waals surface area contributed by atoms with Gasteiger partial charge >= 0.3 is 6.18 Å². The van der Waals surface area contributed by atoms with E-state index in [4.69, 9.17) is 0 Å². The molecular weight excluding hydrogens is 425 g/mol. The zero-order valence-electron chi connectivity index (χ0n) is 17.7. The summed E-state index contributed by atoms with van der Waals surface area (Å²) in [6.45, 7) is 7.48. The highest BCUT2D eigenvalue weighted by Gasteiger charge is 2.41. The smallest absolute Gasteiger partial charge is 0.334 e. The number of anilines is 2. The van der Waals surface area contributed by atoms with Crippen molar-refractivity contribution in [3.8, 4) is 6.07 Å². The fourth-order valence-corrected chi connectivity index (χ4v) is 4.83. The van der Waals surface area contributed by atoms with E-state index in [0.717, 1.165) is 17.3 Å². The van der Waals surface area contributed by atoms with E-state index in [0.29, 0.717) is 12.3 Å². The Morgan fingerprint density at radius 3 is 2.61 bits per heavy atom. The highest BCUT2D eigenvalue weighted by atomic mass is 32.2. The first kappa shape index (κ1) is 22.9. The van der Waals surface area contributed by atoms with E-state index >= 15 is 0 Å². The van der Waals surface area contributed by atoms with Crippen molar-refractivity contribution in [3.63, 3.8) is 0 Å². The van der Waals surface area contributed by atoms with Crippen LogP contribution in [0.3, 0.4) is 0 Å². The van der Waals surface area contributed by atoms with Crippen LogP contribution in [0, 0.1) is 25.2 Å². The van der Waals surface area contributed by atoms with Gasteiger partial charge in [0.1, 0.15) is 17.5 Å². The number of amides is 1. The second-order valence-electron chi connectivity index (χ2n) is 7.68. The molecule has 1 aliphatic heterocycles. The molecule has 0 aliphatic carbocycles. The Hall–Kier alpha value is -2.73. The number of benzene rings is 1. The molecule has 1 fully saturated rings. The summed E-state index contributed by atoms with van der Waals surface area (Å²) in [5, 5.41) is 8.75. The fraction of sp³-hybridized carbons (Fsp3) is 0.409. The first-order chi connectivity index (χ1) is 14.5. The van der Waals surface area contributed by atoms with Crippen molar-refractivity contribution in [2.24, 2.45) is 0 Å². The molecule has 1 atom stereocenters. The number of rotatable bonds is 4. The van der Waals surface area contributed by atoms with E-state index in [1.807, 2.05) is 45.0 Å². The Morgan fingerprint density at radius 2 is 2.03 bits per heavy atom. The number of thioether (sulfide) groups is 1. The molecule has 2 heterocycles. The number of aromatic nitrogens is 1. The minimum absolute atomic E-state index is 0.0916. The van der Waals surface area contributed by atoms with Gasteiger partial charge in [-0.05, 0) is 51.5 Å². The predicted molar refractivity (Wildman–Crippen MR) is 116 cm³/mol. The average molecular weight is 449 g/mol. The van der Waals surface area contributed by atoms with E-state index in [2.05, 4.69) is 4.98 Å². The number of hydrogen-bond acceptors (Lipinski definition) is 5. The molecule has 0 N–H and O–H groups in total. The predicted octanol–water partition coefficient (Wildman–Crippen LogP) is 4.91. The molecule has 0 spiro atoms.